The highest BCUT2D eigenvalue weighted by atomic mass is 16.5. The van der Waals surface area contributed by atoms with Gasteiger partial charge in [-0.3, -0.25) is 9.59 Å². The predicted molar refractivity (Wildman–Crippen MR) is 54.4 cm³/mol. The summed E-state index contributed by atoms with van der Waals surface area (Å²) < 4.78 is 5.21. The van der Waals surface area contributed by atoms with Gasteiger partial charge in [-0.2, -0.15) is 0 Å². The smallest absolute Gasteiger partial charge is 0.306 e. The Labute approximate surface area is 89.6 Å². The minimum Gasteiger partial charge on any atom is -0.481 e. The van der Waals surface area contributed by atoms with Gasteiger partial charge in [0.2, 0.25) is 0 Å². The van der Waals surface area contributed by atoms with E-state index in [-0.39, 0.29) is 24.9 Å². The zero-order chi connectivity index (χ0) is 11.3. The third-order valence-corrected chi connectivity index (χ3v) is 2.73. The SMILES string of the molecule is C[C@@H]1CCC[C@H](OC(=O)CCC(=O)O)C1. The number of carboxylic acid groups (broad SMARTS) is 1. The molecule has 0 amide bonds. The number of aliphatic carboxylic acids is 1. The van der Waals surface area contributed by atoms with E-state index >= 15 is 0 Å². The fourth-order valence-corrected chi connectivity index (χ4v) is 1.94. The summed E-state index contributed by atoms with van der Waals surface area (Å²) >= 11 is 0. The van der Waals surface area contributed by atoms with Crippen LogP contribution in [0.15, 0.2) is 0 Å². The number of carbonyl (C=O) groups is 2. The highest BCUT2D eigenvalue weighted by molar-refractivity contribution is 5.76. The van der Waals surface area contributed by atoms with Crippen molar-refractivity contribution in [3.8, 4) is 0 Å². The van der Waals surface area contributed by atoms with Gasteiger partial charge < -0.3 is 9.84 Å². The number of carboxylic acids is 1. The number of ether oxygens (including phenoxy) is 1. The van der Waals surface area contributed by atoms with Gasteiger partial charge in [0, 0.05) is 0 Å². The maximum Gasteiger partial charge on any atom is 0.306 e. The standard InChI is InChI=1S/C11H18O4/c1-8-3-2-4-9(7-8)15-11(14)6-5-10(12)13/h8-9H,2-7H2,1H3,(H,12,13)/t8-,9+/m1/s1. The van der Waals surface area contributed by atoms with E-state index in [0.717, 1.165) is 19.3 Å². The zero-order valence-electron chi connectivity index (χ0n) is 9.07. The average Bonchev–Trinajstić information content (AvgIpc) is 2.15. The van der Waals surface area contributed by atoms with Crippen LogP contribution < -0.4 is 0 Å². The summed E-state index contributed by atoms with van der Waals surface area (Å²) in [5.74, 6) is -0.725. The van der Waals surface area contributed by atoms with Crippen LogP contribution in [0.3, 0.4) is 0 Å². The second-order valence-electron chi connectivity index (χ2n) is 4.28. The van der Waals surface area contributed by atoms with Crippen molar-refractivity contribution >= 4 is 11.9 Å². The van der Waals surface area contributed by atoms with Crippen LogP contribution in [0.4, 0.5) is 0 Å². The Kier molecular flexibility index (Phi) is 4.59. The van der Waals surface area contributed by atoms with E-state index in [4.69, 9.17) is 9.84 Å². The van der Waals surface area contributed by atoms with Crippen LogP contribution in [0.25, 0.3) is 0 Å². The second kappa shape index (κ2) is 5.73. The highest BCUT2D eigenvalue weighted by Gasteiger charge is 2.22. The molecule has 0 aromatic rings. The topological polar surface area (TPSA) is 63.6 Å². The first kappa shape index (κ1) is 12.0. The molecule has 0 unspecified atom stereocenters. The van der Waals surface area contributed by atoms with E-state index in [1.165, 1.54) is 6.42 Å². The fourth-order valence-electron chi connectivity index (χ4n) is 1.94. The van der Waals surface area contributed by atoms with Crippen molar-refractivity contribution in [1.82, 2.24) is 0 Å². The summed E-state index contributed by atoms with van der Waals surface area (Å²) in [6.45, 7) is 2.15. The number of hydrogen-bond donors (Lipinski definition) is 1. The number of carbonyl (C=O) groups excluding carboxylic acids is 1. The first-order valence-electron chi connectivity index (χ1n) is 5.49. The molecule has 1 fully saturated rings. The summed E-state index contributed by atoms with van der Waals surface area (Å²) in [5.41, 5.74) is 0. The van der Waals surface area contributed by atoms with Crippen molar-refractivity contribution < 1.29 is 19.4 Å². The number of esters is 1. The minimum absolute atomic E-state index is 0.00930. The van der Waals surface area contributed by atoms with Crippen LogP contribution in [0.5, 0.6) is 0 Å². The molecule has 0 heterocycles. The minimum atomic E-state index is -0.955. The van der Waals surface area contributed by atoms with Crippen LogP contribution in [0, 0.1) is 5.92 Å². The molecule has 1 saturated carbocycles. The summed E-state index contributed by atoms with van der Waals surface area (Å²) in [4.78, 5) is 21.5. The van der Waals surface area contributed by atoms with Crippen molar-refractivity contribution in [3.63, 3.8) is 0 Å². The molecule has 4 heteroatoms. The van der Waals surface area contributed by atoms with Gasteiger partial charge in [-0.15, -0.1) is 0 Å². The monoisotopic (exact) mass is 214 g/mol. The average molecular weight is 214 g/mol. The molecule has 2 atom stereocenters. The van der Waals surface area contributed by atoms with E-state index in [2.05, 4.69) is 6.92 Å². The lowest BCUT2D eigenvalue weighted by Gasteiger charge is -2.26. The van der Waals surface area contributed by atoms with Crippen LogP contribution in [0.1, 0.15) is 45.4 Å². The highest BCUT2D eigenvalue weighted by Crippen LogP contribution is 2.25. The molecular weight excluding hydrogens is 196 g/mol. The van der Waals surface area contributed by atoms with E-state index in [1.807, 2.05) is 0 Å². The lowest BCUT2D eigenvalue weighted by Crippen LogP contribution is -2.24. The molecule has 0 bridgehead atoms. The first-order chi connectivity index (χ1) is 7.08. The normalized spacial score (nSPS) is 25.9. The van der Waals surface area contributed by atoms with Crippen LogP contribution in [-0.4, -0.2) is 23.1 Å². The quantitative estimate of drug-likeness (QED) is 0.727. The molecule has 0 saturated heterocycles. The van der Waals surface area contributed by atoms with Crippen LogP contribution in [-0.2, 0) is 14.3 Å². The Bertz CT molecular complexity index is 237. The molecule has 15 heavy (non-hydrogen) atoms. The first-order valence-corrected chi connectivity index (χ1v) is 5.49. The van der Waals surface area contributed by atoms with Gasteiger partial charge in [-0.25, -0.2) is 0 Å². The van der Waals surface area contributed by atoms with Crippen molar-refractivity contribution in [2.24, 2.45) is 5.92 Å². The third kappa shape index (κ3) is 4.81. The van der Waals surface area contributed by atoms with Gasteiger partial charge in [-0.1, -0.05) is 13.3 Å². The number of rotatable bonds is 4. The van der Waals surface area contributed by atoms with E-state index < -0.39 is 5.97 Å². The van der Waals surface area contributed by atoms with Crippen LogP contribution in [0.2, 0.25) is 0 Å². The maximum absolute atomic E-state index is 11.2. The largest absolute Gasteiger partial charge is 0.481 e. The summed E-state index contributed by atoms with van der Waals surface area (Å²) in [6, 6.07) is 0. The Morgan fingerprint density at radius 3 is 2.67 bits per heavy atom. The Morgan fingerprint density at radius 2 is 2.07 bits per heavy atom. The Hall–Kier alpha value is -1.06. The molecule has 0 aromatic heterocycles. The Balaban J connectivity index is 2.22. The van der Waals surface area contributed by atoms with E-state index in [9.17, 15) is 9.59 Å². The molecule has 0 aliphatic heterocycles. The molecule has 1 rings (SSSR count). The van der Waals surface area contributed by atoms with Gasteiger partial charge >= 0.3 is 11.9 Å². The lowest BCUT2D eigenvalue weighted by molar-refractivity contribution is -0.153. The van der Waals surface area contributed by atoms with E-state index in [0.29, 0.717) is 5.92 Å². The molecule has 1 N–H and O–H groups in total. The van der Waals surface area contributed by atoms with Crippen LogP contribution >= 0.6 is 0 Å². The van der Waals surface area contributed by atoms with E-state index in [1.54, 1.807) is 0 Å². The number of hydrogen-bond acceptors (Lipinski definition) is 3. The molecule has 1 aliphatic carbocycles. The summed E-state index contributed by atoms with van der Waals surface area (Å²) in [7, 11) is 0. The van der Waals surface area contributed by atoms with Gasteiger partial charge in [0.15, 0.2) is 0 Å². The molecule has 4 nitrogen and oxygen atoms in total. The summed E-state index contributed by atoms with van der Waals surface area (Å²) in [6.07, 6.45) is 3.99. The predicted octanol–water partition coefficient (Wildman–Crippen LogP) is 1.97. The molecule has 86 valence electrons. The maximum atomic E-state index is 11.2. The van der Waals surface area contributed by atoms with Gasteiger partial charge in [0.25, 0.3) is 0 Å². The molecular formula is C11H18O4. The van der Waals surface area contributed by atoms with Gasteiger partial charge in [0.1, 0.15) is 6.10 Å². The molecule has 1 aliphatic rings. The molecule has 0 radical (unpaired) electrons. The van der Waals surface area contributed by atoms with Crippen molar-refractivity contribution in [3.05, 3.63) is 0 Å². The molecule has 0 spiro atoms. The van der Waals surface area contributed by atoms with Crippen molar-refractivity contribution in [2.45, 2.75) is 51.6 Å². The van der Waals surface area contributed by atoms with Crippen molar-refractivity contribution in [2.75, 3.05) is 0 Å². The van der Waals surface area contributed by atoms with Crippen molar-refractivity contribution in [1.29, 1.82) is 0 Å². The zero-order valence-corrected chi connectivity index (χ0v) is 9.07. The third-order valence-electron chi connectivity index (χ3n) is 2.73. The molecule has 0 aromatic carbocycles. The Morgan fingerprint density at radius 1 is 1.33 bits per heavy atom. The summed E-state index contributed by atoms with van der Waals surface area (Å²) in [5, 5.41) is 8.40. The van der Waals surface area contributed by atoms with Gasteiger partial charge in [-0.05, 0) is 25.2 Å². The second-order valence-corrected chi connectivity index (χ2v) is 4.28. The lowest BCUT2D eigenvalue weighted by atomic mass is 9.89. The van der Waals surface area contributed by atoms with Gasteiger partial charge in [0.05, 0.1) is 12.8 Å². The fraction of sp³-hybridized carbons (Fsp3) is 0.818.